The Morgan fingerprint density at radius 2 is 0.918 bits per heavy atom. The number of allylic oxidation sites excluding steroid dienone is 7. The first-order valence-corrected chi connectivity index (χ1v) is 30.4. The van der Waals surface area contributed by atoms with Crippen molar-refractivity contribution in [2.24, 2.45) is 0 Å². The fraction of sp³-hybridized carbons (Fsp3) is 0.839. The van der Waals surface area contributed by atoms with Gasteiger partial charge in [0, 0.05) is 12.8 Å². The van der Waals surface area contributed by atoms with Gasteiger partial charge in [0.05, 0.1) is 32.0 Å². The zero-order valence-corrected chi connectivity index (χ0v) is 46.8. The van der Waals surface area contributed by atoms with Crippen molar-refractivity contribution in [3.05, 3.63) is 48.6 Å². The van der Waals surface area contributed by atoms with Crippen LogP contribution in [0, 0.1) is 0 Å². The van der Waals surface area contributed by atoms with Gasteiger partial charge >= 0.3 is 5.97 Å². The fourth-order valence-electron chi connectivity index (χ4n) is 9.30. The first-order valence-electron chi connectivity index (χ1n) is 30.4. The zero-order valence-electron chi connectivity index (χ0n) is 46.8. The summed E-state index contributed by atoms with van der Waals surface area (Å²) < 4.78 is 16.7. The van der Waals surface area contributed by atoms with Gasteiger partial charge in [0.15, 0.2) is 6.29 Å². The Hall–Kier alpha value is -2.38. The van der Waals surface area contributed by atoms with Gasteiger partial charge in [0.25, 0.3) is 0 Å². The molecule has 0 aromatic carbocycles. The lowest BCUT2D eigenvalue weighted by molar-refractivity contribution is -0.302. The van der Waals surface area contributed by atoms with Crippen molar-refractivity contribution >= 4 is 11.9 Å². The standard InChI is InChI=1S/C62H113NO10/c1-3-5-7-9-11-13-14-15-16-20-24-27-30-34-38-42-46-50-58(67)71-51-47-43-39-35-31-28-25-22-19-17-18-21-23-26-29-33-37-41-45-49-57(66)63-54(55(65)48-44-40-36-32-12-10-8-6-4-2)53-72-62-61(70)60(69)59(68)56(52-64)73-62/h15-16,22,25,28,31,44,48,54-56,59-62,64-65,68-70H,3-14,17-21,23-24,26-27,29-30,32-43,45-47,49-53H2,1-2H3,(H,63,66)/b16-15-,25-22-,31-28-,48-44+. The molecule has 7 atom stereocenters. The van der Waals surface area contributed by atoms with Crippen LogP contribution in [-0.2, 0) is 23.8 Å². The van der Waals surface area contributed by atoms with Gasteiger partial charge in [-0.15, -0.1) is 0 Å². The Bertz CT molecular complexity index is 1350. The summed E-state index contributed by atoms with van der Waals surface area (Å²) in [5.74, 6) is -0.227. The number of unbranched alkanes of at least 4 members (excludes halogenated alkanes) is 33. The van der Waals surface area contributed by atoms with E-state index in [9.17, 15) is 35.1 Å². The topological polar surface area (TPSA) is 175 Å². The SMILES string of the molecule is CCCCCCCC/C=C\CCCCCCCCCC(=O)OCCCCC/C=C\C=C/CCCCCCCCCCCCC(=O)NC(COC1OC(CO)C(O)C(O)C1O)C(O)/C=C/CCCCCCCCC. The Morgan fingerprint density at radius 1 is 0.507 bits per heavy atom. The molecule has 0 bridgehead atoms. The van der Waals surface area contributed by atoms with Crippen LogP contribution in [0.3, 0.4) is 0 Å². The number of esters is 1. The van der Waals surface area contributed by atoms with Gasteiger partial charge in [0.1, 0.15) is 24.4 Å². The van der Waals surface area contributed by atoms with Gasteiger partial charge in [-0.25, -0.2) is 0 Å². The van der Waals surface area contributed by atoms with E-state index in [0.29, 0.717) is 19.4 Å². The van der Waals surface area contributed by atoms with Crippen LogP contribution in [0.2, 0.25) is 0 Å². The van der Waals surface area contributed by atoms with Crippen LogP contribution in [-0.4, -0.2) is 100 Å². The van der Waals surface area contributed by atoms with Crippen LogP contribution in [0.5, 0.6) is 0 Å². The number of hydrogen-bond acceptors (Lipinski definition) is 10. The number of amides is 1. The molecule has 0 aromatic rings. The van der Waals surface area contributed by atoms with Gasteiger partial charge in [-0.3, -0.25) is 9.59 Å². The van der Waals surface area contributed by atoms with Crippen molar-refractivity contribution in [3.63, 3.8) is 0 Å². The molecule has 11 nitrogen and oxygen atoms in total. The van der Waals surface area contributed by atoms with E-state index in [4.69, 9.17) is 14.2 Å². The highest BCUT2D eigenvalue weighted by molar-refractivity contribution is 5.76. The predicted molar refractivity (Wildman–Crippen MR) is 301 cm³/mol. The molecular weight excluding hydrogens is 919 g/mol. The number of rotatable bonds is 52. The van der Waals surface area contributed by atoms with Gasteiger partial charge < -0.3 is 45.1 Å². The Labute approximate surface area is 446 Å². The van der Waals surface area contributed by atoms with E-state index in [1.807, 2.05) is 6.08 Å². The molecule has 0 aliphatic carbocycles. The summed E-state index contributed by atoms with van der Waals surface area (Å²) in [5.41, 5.74) is 0. The number of ether oxygens (including phenoxy) is 3. The number of carbonyl (C=O) groups is 2. The molecule has 73 heavy (non-hydrogen) atoms. The first-order chi connectivity index (χ1) is 35.7. The number of nitrogens with one attached hydrogen (secondary N) is 1. The summed E-state index contributed by atoms with van der Waals surface area (Å²) in [4.78, 5) is 25.1. The molecule has 1 amide bonds. The smallest absolute Gasteiger partial charge is 0.305 e. The van der Waals surface area contributed by atoms with Crippen molar-refractivity contribution in [2.75, 3.05) is 19.8 Å². The Morgan fingerprint density at radius 3 is 1.40 bits per heavy atom. The van der Waals surface area contributed by atoms with Gasteiger partial charge in [-0.1, -0.05) is 217 Å². The second kappa shape index (κ2) is 51.7. The summed E-state index contributed by atoms with van der Waals surface area (Å²) in [6.45, 7) is 4.26. The fourth-order valence-corrected chi connectivity index (χ4v) is 9.30. The van der Waals surface area contributed by atoms with Crippen LogP contribution in [0.15, 0.2) is 48.6 Å². The third kappa shape index (κ3) is 41.5. The van der Waals surface area contributed by atoms with E-state index >= 15 is 0 Å². The number of hydrogen-bond donors (Lipinski definition) is 6. The summed E-state index contributed by atoms with van der Waals surface area (Å²) in [5, 5.41) is 54.2. The average Bonchev–Trinajstić information content (AvgIpc) is 3.39. The molecule has 6 N–H and O–H groups in total. The molecule has 0 saturated carbocycles. The van der Waals surface area contributed by atoms with E-state index in [0.717, 1.165) is 89.9 Å². The lowest BCUT2D eigenvalue weighted by atomic mass is 9.99. The molecule has 1 saturated heterocycles. The van der Waals surface area contributed by atoms with Gasteiger partial charge in [0.2, 0.25) is 5.91 Å². The molecule has 7 unspecified atom stereocenters. The highest BCUT2D eigenvalue weighted by Crippen LogP contribution is 2.23. The molecule has 0 aromatic heterocycles. The number of aliphatic hydroxyl groups is 5. The van der Waals surface area contributed by atoms with Crippen molar-refractivity contribution < 1.29 is 49.3 Å². The third-order valence-electron chi connectivity index (χ3n) is 14.2. The molecule has 0 radical (unpaired) electrons. The quantitative estimate of drug-likeness (QED) is 0.0149. The highest BCUT2D eigenvalue weighted by Gasteiger charge is 2.44. The van der Waals surface area contributed by atoms with E-state index in [1.165, 1.54) is 154 Å². The summed E-state index contributed by atoms with van der Waals surface area (Å²) in [7, 11) is 0. The molecule has 1 heterocycles. The Kier molecular flexibility index (Phi) is 48.6. The second-order valence-electron chi connectivity index (χ2n) is 21.1. The minimum Gasteiger partial charge on any atom is -0.466 e. The average molecular weight is 1030 g/mol. The molecule has 1 fully saturated rings. The third-order valence-corrected chi connectivity index (χ3v) is 14.2. The highest BCUT2D eigenvalue weighted by atomic mass is 16.7. The van der Waals surface area contributed by atoms with E-state index < -0.39 is 49.5 Å². The molecule has 426 valence electrons. The molecule has 1 aliphatic rings. The largest absolute Gasteiger partial charge is 0.466 e. The minimum absolute atomic E-state index is 0.0321. The first kappa shape index (κ1) is 68.6. The number of aliphatic hydroxyl groups excluding tert-OH is 5. The Balaban J connectivity index is 2.04. The lowest BCUT2D eigenvalue weighted by Gasteiger charge is -2.40. The lowest BCUT2D eigenvalue weighted by Crippen LogP contribution is -2.60. The van der Waals surface area contributed by atoms with Crippen LogP contribution in [0.1, 0.15) is 271 Å². The molecular formula is C62H113NO10. The molecule has 0 spiro atoms. The van der Waals surface area contributed by atoms with Crippen molar-refractivity contribution in [1.82, 2.24) is 5.32 Å². The van der Waals surface area contributed by atoms with E-state index in [1.54, 1.807) is 6.08 Å². The van der Waals surface area contributed by atoms with Crippen molar-refractivity contribution in [2.45, 2.75) is 314 Å². The minimum atomic E-state index is -1.57. The van der Waals surface area contributed by atoms with Crippen LogP contribution in [0.25, 0.3) is 0 Å². The normalized spacial score (nSPS) is 19.2. The van der Waals surface area contributed by atoms with Gasteiger partial charge in [-0.05, 0) is 89.9 Å². The maximum atomic E-state index is 13.0. The maximum Gasteiger partial charge on any atom is 0.305 e. The monoisotopic (exact) mass is 1030 g/mol. The molecule has 11 heteroatoms. The van der Waals surface area contributed by atoms with E-state index in [-0.39, 0.29) is 18.5 Å². The van der Waals surface area contributed by atoms with Crippen molar-refractivity contribution in [1.29, 1.82) is 0 Å². The van der Waals surface area contributed by atoms with Crippen molar-refractivity contribution in [3.8, 4) is 0 Å². The summed E-state index contributed by atoms with van der Waals surface area (Å²) in [6.07, 6.45) is 55.0. The van der Waals surface area contributed by atoms with Crippen LogP contribution >= 0.6 is 0 Å². The summed E-state index contributed by atoms with van der Waals surface area (Å²) in [6, 6.07) is -0.817. The summed E-state index contributed by atoms with van der Waals surface area (Å²) >= 11 is 0. The predicted octanol–water partition coefficient (Wildman–Crippen LogP) is 14.1. The number of carbonyl (C=O) groups excluding carboxylic acids is 2. The van der Waals surface area contributed by atoms with E-state index in [2.05, 4.69) is 55.6 Å². The van der Waals surface area contributed by atoms with Gasteiger partial charge in [-0.2, -0.15) is 0 Å². The zero-order chi connectivity index (χ0) is 53.1. The maximum absolute atomic E-state index is 13.0. The second-order valence-corrected chi connectivity index (χ2v) is 21.1. The molecule has 1 aliphatic heterocycles. The van der Waals surface area contributed by atoms with Crippen LogP contribution in [0.4, 0.5) is 0 Å². The van der Waals surface area contributed by atoms with Crippen LogP contribution < -0.4 is 5.32 Å². The molecule has 1 rings (SSSR count).